The fraction of sp³-hybridized carbons (Fsp3) is 0.632. The minimum atomic E-state index is -0.140. The van der Waals surface area contributed by atoms with E-state index in [0.29, 0.717) is 5.57 Å². The second kappa shape index (κ2) is 4.92. The molecule has 1 heteroatoms. The lowest BCUT2D eigenvalue weighted by atomic mass is 9.83. The molecule has 0 bridgehead atoms. The van der Waals surface area contributed by atoms with E-state index < -0.39 is 0 Å². The van der Waals surface area contributed by atoms with Crippen molar-refractivity contribution in [3.63, 3.8) is 0 Å². The maximum absolute atomic E-state index is 12.7. The first-order valence-corrected chi connectivity index (χ1v) is 7.28. The smallest absolute Gasteiger partial charge is 0.198 e. The van der Waals surface area contributed by atoms with Crippen molar-refractivity contribution in [1.82, 2.24) is 0 Å². The molecular formula is C19H28O. The molecule has 20 heavy (non-hydrogen) atoms. The Bertz CT molecular complexity index is 538. The molecule has 0 aromatic rings. The highest BCUT2D eigenvalue weighted by Gasteiger charge is 2.35. The van der Waals surface area contributed by atoms with Crippen LogP contribution in [-0.2, 0) is 4.79 Å². The maximum atomic E-state index is 12.7. The molecule has 0 aromatic heterocycles. The van der Waals surface area contributed by atoms with Crippen LogP contribution in [0, 0.1) is 28.1 Å². The molecule has 0 atom stereocenters. The van der Waals surface area contributed by atoms with Crippen LogP contribution in [-0.4, -0.2) is 5.78 Å². The number of rotatable bonds is 0. The lowest BCUT2D eigenvalue weighted by Gasteiger charge is -2.20. The van der Waals surface area contributed by atoms with E-state index in [1.165, 1.54) is 0 Å². The first-order chi connectivity index (χ1) is 8.73. The predicted molar refractivity (Wildman–Crippen MR) is 86.3 cm³/mol. The number of Topliss-reactive ketones (excluding diaryl/α,β-unsaturated/α-hetero) is 1. The second-order valence-corrected chi connectivity index (χ2v) is 8.68. The minimum absolute atomic E-state index is 0.0649. The Morgan fingerprint density at radius 3 is 1.70 bits per heavy atom. The van der Waals surface area contributed by atoms with Crippen LogP contribution in [0.4, 0.5) is 0 Å². The highest BCUT2D eigenvalue weighted by atomic mass is 16.1. The van der Waals surface area contributed by atoms with Gasteiger partial charge in [0.05, 0.1) is 5.57 Å². The molecule has 110 valence electrons. The minimum Gasteiger partial charge on any atom is -0.288 e. The molecule has 0 saturated heterocycles. The highest BCUT2D eigenvalue weighted by Crippen LogP contribution is 2.41. The summed E-state index contributed by atoms with van der Waals surface area (Å²) in [5.74, 6) is 6.47. The summed E-state index contributed by atoms with van der Waals surface area (Å²) in [6.07, 6.45) is 2.06. The molecule has 0 aromatic carbocycles. The number of ketones is 1. The quantitative estimate of drug-likeness (QED) is 0.571. The van der Waals surface area contributed by atoms with E-state index in [4.69, 9.17) is 0 Å². The first-order valence-electron chi connectivity index (χ1n) is 7.28. The lowest BCUT2D eigenvalue weighted by Crippen LogP contribution is -2.16. The van der Waals surface area contributed by atoms with Gasteiger partial charge >= 0.3 is 0 Å². The zero-order valence-corrected chi connectivity index (χ0v) is 14.5. The van der Waals surface area contributed by atoms with Crippen LogP contribution >= 0.6 is 0 Å². The molecule has 0 spiro atoms. The van der Waals surface area contributed by atoms with Crippen molar-refractivity contribution in [1.29, 1.82) is 0 Å². The Morgan fingerprint density at radius 2 is 1.35 bits per heavy atom. The third-order valence-electron chi connectivity index (χ3n) is 3.21. The van der Waals surface area contributed by atoms with Crippen LogP contribution in [0.5, 0.6) is 0 Å². The van der Waals surface area contributed by atoms with Crippen LogP contribution < -0.4 is 0 Å². The largest absolute Gasteiger partial charge is 0.288 e. The maximum Gasteiger partial charge on any atom is 0.198 e. The van der Waals surface area contributed by atoms with Crippen molar-refractivity contribution in [3.8, 4) is 11.8 Å². The van der Waals surface area contributed by atoms with E-state index in [1.807, 2.05) is 0 Å². The zero-order valence-electron chi connectivity index (χ0n) is 14.5. The summed E-state index contributed by atoms with van der Waals surface area (Å²) >= 11 is 0. The SMILES string of the molecule is CC(C)(C)C#CC1=C(C(C)(C)C)C=C(C(C)(C)C)C1=O. The van der Waals surface area contributed by atoms with Crippen LogP contribution in [0.2, 0.25) is 0 Å². The monoisotopic (exact) mass is 272 g/mol. The lowest BCUT2D eigenvalue weighted by molar-refractivity contribution is -0.112. The molecule has 0 amide bonds. The van der Waals surface area contributed by atoms with Gasteiger partial charge in [-0.1, -0.05) is 53.4 Å². The molecule has 1 rings (SSSR count). The molecule has 0 N–H and O–H groups in total. The third-order valence-corrected chi connectivity index (χ3v) is 3.21. The average molecular weight is 272 g/mol. The van der Waals surface area contributed by atoms with E-state index in [9.17, 15) is 4.79 Å². The van der Waals surface area contributed by atoms with Gasteiger partial charge in [0.1, 0.15) is 0 Å². The number of hydrogen-bond acceptors (Lipinski definition) is 1. The number of hydrogen-bond donors (Lipinski definition) is 0. The van der Waals surface area contributed by atoms with Gasteiger partial charge in [-0.25, -0.2) is 0 Å². The Balaban J connectivity index is 3.40. The van der Waals surface area contributed by atoms with Crippen molar-refractivity contribution in [2.75, 3.05) is 0 Å². The van der Waals surface area contributed by atoms with Gasteiger partial charge in [0, 0.05) is 11.0 Å². The molecule has 0 aliphatic heterocycles. The molecule has 1 nitrogen and oxygen atoms in total. The van der Waals surface area contributed by atoms with Gasteiger partial charge in [0.15, 0.2) is 5.78 Å². The zero-order chi connectivity index (χ0) is 15.9. The predicted octanol–water partition coefficient (Wildman–Crippen LogP) is 4.93. The Kier molecular flexibility index (Phi) is 4.12. The molecule has 1 aliphatic rings. The van der Waals surface area contributed by atoms with Gasteiger partial charge in [-0.15, -0.1) is 0 Å². The fourth-order valence-corrected chi connectivity index (χ4v) is 2.06. The fourth-order valence-electron chi connectivity index (χ4n) is 2.06. The van der Waals surface area contributed by atoms with Crippen molar-refractivity contribution in [2.45, 2.75) is 62.3 Å². The summed E-state index contributed by atoms with van der Waals surface area (Å²) in [5.41, 5.74) is 2.34. The topological polar surface area (TPSA) is 17.1 Å². The standard InChI is InChI=1S/C19H28O/c1-17(2,3)11-10-13-14(18(4,5)6)12-15(16(13)20)19(7,8)9/h12H,1-9H3. The number of carbonyl (C=O) groups is 1. The molecule has 0 saturated carbocycles. The summed E-state index contributed by atoms with van der Waals surface area (Å²) in [7, 11) is 0. The molecule has 0 unspecified atom stereocenters. The van der Waals surface area contributed by atoms with E-state index in [2.05, 4.69) is 80.2 Å². The summed E-state index contributed by atoms with van der Waals surface area (Å²) in [6.45, 7) is 18.8. The van der Waals surface area contributed by atoms with E-state index in [-0.39, 0.29) is 22.0 Å². The van der Waals surface area contributed by atoms with Crippen LogP contribution in [0.1, 0.15) is 62.3 Å². The van der Waals surface area contributed by atoms with Crippen LogP contribution in [0.15, 0.2) is 22.8 Å². The van der Waals surface area contributed by atoms with Crippen molar-refractivity contribution < 1.29 is 4.79 Å². The second-order valence-electron chi connectivity index (χ2n) is 8.68. The van der Waals surface area contributed by atoms with E-state index in [1.54, 1.807) is 0 Å². The normalized spacial score (nSPS) is 17.1. The van der Waals surface area contributed by atoms with Gasteiger partial charge in [0.2, 0.25) is 0 Å². The number of allylic oxidation sites excluding steroid dienone is 4. The van der Waals surface area contributed by atoms with Gasteiger partial charge in [-0.05, 0) is 43.3 Å². The average Bonchev–Trinajstić information content (AvgIpc) is 2.50. The molecule has 1 aliphatic carbocycles. The Hall–Kier alpha value is -1.29. The van der Waals surface area contributed by atoms with Gasteiger partial charge in [0.25, 0.3) is 0 Å². The highest BCUT2D eigenvalue weighted by molar-refractivity contribution is 6.16. The van der Waals surface area contributed by atoms with Crippen molar-refractivity contribution in [3.05, 3.63) is 22.8 Å². The van der Waals surface area contributed by atoms with Crippen molar-refractivity contribution >= 4 is 5.78 Å². The Morgan fingerprint density at radius 1 is 0.850 bits per heavy atom. The van der Waals surface area contributed by atoms with E-state index >= 15 is 0 Å². The summed E-state index contributed by atoms with van der Waals surface area (Å²) in [4.78, 5) is 12.7. The van der Waals surface area contributed by atoms with Crippen LogP contribution in [0.25, 0.3) is 0 Å². The summed E-state index contributed by atoms with van der Waals surface area (Å²) < 4.78 is 0. The third kappa shape index (κ3) is 3.85. The first kappa shape index (κ1) is 16.8. The van der Waals surface area contributed by atoms with Crippen molar-refractivity contribution in [2.24, 2.45) is 16.2 Å². The molecular weight excluding hydrogens is 244 g/mol. The molecule has 0 radical (unpaired) electrons. The Labute approximate surface area is 124 Å². The van der Waals surface area contributed by atoms with Gasteiger partial charge < -0.3 is 0 Å². The van der Waals surface area contributed by atoms with Gasteiger partial charge in [-0.3, -0.25) is 4.79 Å². The number of carbonyl (C=O) groups excluding carboxylic acids is 1. The van der Waals surface area contributed by atoms with Gasteiger partial charge in [-0.2, -0.15) is 0 Å². The molecule has 0 heterocycles. The summed E-state index contributed by atoms with van der Waals surface area (Å²) in [6, 6.07) is 0. The summed E-state index contributed by atoms with van der Waals surface area (Å²) in [5, 5.41) is 0. The molecule has 0 fully saturated rings. The van der Waals surface area contributed by atoms with E-state index in [0.717, 1.165) is 11.1 Å². The van der Waals surface area contributed by atoms with Crippen LogP contribution in [0.3, 0.4) is 0 Å².